The Labute approximate surface area is 187 Å². The van der Waals surface area contributed by atoms with E-state index in [4.69, 9.17) is 0 Å². The first-order valence-corrected chi connectivity index (χ1v) is 10.9. The summed E-state index contributed by atoms with van der Waals surface area (Å²) < 4.78 is 27.6. The van der Waals surface area contributed by atoms with E-state index < -0.39 is 10.6 Å². The molecule has 0 aliphatic carbocycles. The highest BCUT2D eigenvalue weighted by molar-refractivity contribution is 8.14. The van der Waals surface area contributed by atoms with Crippen molar-refractivity contribution >= 4 is 28.8 Å². The van der Waals surface area contributed by atoms with Gasteiger partial charge in [-0.2, -0.15) is 0 Å². The van der Waals surface area contributed by atoms with E-state index in [1.54, 1.807) is 42.5 Å². The Morgan fingerprint density at radius 3 is 2.53 bits per heavy atom. The molecule has 1 aromatic heterocycles. The average molecular weight is 452 g/mol. The summed E-state index contributed by atoms with van der Waals surface area (Å²) in [5, 5.41) is 3.32. The smallest absolute Gasteiger partial charge is 0.257 e. The topological polar surface area (TPSA) is 70.5 Å². The number of amides is 1. The van der Waals surface area contributed by atoms with Crippen LogP contribution < -0.4 is 10.2 Å². The third-order valence-corrected chi connectivity index (χ3v) is 7.21. The zero-order chi connectivity index (χ0) is 22.1. The molecule has 1 N–H and O–H groups in total. The van der Waals surface area contributed by atoms with Crippen molar-refractivity contribution in [1.29, 1.82) is 0 Å². The standard InChI is InChI=1S/C23H19F2N5OS/c24-17-11-26-21(27-12-17)30-13-16-10-28-22(29-20(31)15-6-2-1-3-7-15)32-23(16,14-30)18-8-4-5-9-19(18)25/h1-9,11-12,16H,10,13-14H2,(H,28,29,31)/t16-,23-/m0/s1. The van der Waals surface area contributed by atoms with Crippen molar-refractivity contribution in [3.05, 3.63) is 89.8 Å². The van der Waals surface area contributed by atoms with Gasteiger partial charge in [0.15, 0.2) is 11.0 Å². The predicted molar refractivity (Wildman–Crippen MR) is 120 cm³/mol. The van der Waals surface area contributed by atoms with E-state index in [1.807, 2.05) is 11.0 Å². The zero-order valence-corrected chi connectivity index (χ0v) is 17.7. The summed E-state index contributed by atoms with van der Waals surface area (Å²) in [7, 11) is 0. The predicted octanol–water partition coefficient (Wildman–Crippen LogP) is 3.62. The SMILES string of the molecule is O=C(NC1=NC[C@H]2CN(c3ncc(F)cn3)C[C@]2(c2ccccc2F)S1)c1ccccc1. The minimum Gasteiger partial charge on any atom is -0.339 e. The van der Waals surface area contributed by atoms with Crippen LogP contribution in [-0.2, 0) is 4.75 Å². The van der Waals surface area contributed by atoms with E-state index in [2.05, 4.69) is 20.3 Å². The number of benzene rings is 2. The molecule has 3 heterocycles. The quantitative estimate of drug-likeness (QED) is 0.659. The molecule has 1 saturated heterocycles. The molecule has 2 atom stereocenters. The van der Waals surface area contributed by atoms with Gasteiger partial charge in [0.05, 0.1) is 17.1 Å². The number of hydrogen-bond donors (Lipinski definition) is 1. The molecule has 0 unspecified atom stereocenters. The highest BCUT2D eigenvalue weighted by Crippen LogP contribution is 2.51. The second-order valence-electron chi connectivity index (χ2n) is 7.72. The Hall–Kier alpha value is -3.33. The number of carbonyl (C=O) groups is 1. The summed E-state index contributed by atoms with van der Waals surface area (Å²) in [6.07, 6.45) is 2.24. The van der Waals surface area contributed by atoms with Crippen LogP contribution in [0.1, 0.15) is 15.9 Å². The number of amidine groups is 1. The fraction of sp³-hybridized carbons (Fsp3) is 0.217. The van der Waals surface area contributed by atoms with Crippen molar-refractivity contribution in [2.24, 2.45) is 10.9 Å². The highest BCUT2D eigenvalue weighted by atomic mass is 32.2. The molecule has 0 spiro atoms. The molecule has 2 aromatic carbocycles. The second kappa shape index (κ2) is 8.31. The van der Waals surface area contributed by atoms with E-state index in [0.29, 0.717) is 41.9 Å². The van der Waals surface area contributed by atoms with E-state index in [9.17, 15) is 9.18 Å². The molecule has 6 nitrogen and oxygen atoms in total. The molecule has 0 bridgehead atoms. The third kappa shape index (κ3) is 3.73. The molecule has 0 radical (unpaired) electrons. The van der Waals surface area contributed by atoms with Crippen LogP contribution in [0.25, 0.3) is 0 Å². The van der Waals surface area contributed by atoms with Crippen molar-refractivity contribution in [3.8, 4) is 0 Å². The number of nitrogens with zero attached hydrogens (tertiary/aromatic N) is 4. The number of fused-ring (bicyclic) bond motifs is 1. The van der Waals surface area contributed by atoms with E-state index in [1.165, 1.54) is 17.8 Å². The number of aliphatic imine (C=N–C) groups is 1. The Morgan fingerprint density at radius 1 is 1.06 bits per heavy atom. The fourth-order valence-electron chi connectivity index (χ4n) is 4.22. The number of nitrogens with one attached hydrogen (secondary N) is 1. The summed E-state index contributed by atoms with van der Waals surface area (Å²) in [5.41, 5.74) is 1.06. The number of thioether (sulfide) groups is 1. The first-order chi connectivity index (χ1) is 15.5. The van der Waals surface area contributed by atoms with Gasteiger partial charge in [-0.1, -0.05) is 48.2 Å². The molecule has 162 valence electrons. The summed E-state index contributed by atoms with van der Waals surface area (Å²) >= 11 is 1.35. The second-order valence-corrected chi connectivity index (χ2v) is 9.04. The van der Waals surface area contributed by atoms with Crippen LogP contribution in [0.2, 0.25) is 0 Å². The molecular weight excluding hydrogens is 432 g/mol. The summed E-state index contributed by atoms with van der Waals surface area (Å²) in [4.78, 5) is 27.4. The maximum atomic E-state index is 15.0. The first-order valence-electron chi connectivity index (χ1n) is 10.1. The Balaban J connectivity index is 1.47. The lowest BCUT2D eigenvalue weighted by Crippen LogP contribution is -2.43. The lowest BCUT2D eigenvalue weighted by Gasteiger charge is -2.37. The molecule has 9 heteroatoms. The molecule has 0 saturated carbocycles. The van der Waals surface area contributed by atoms with Gasteiger partial charge in [-0.25, -0.2) is 18.7 Å². The number of aromatic nitrogens is 2. The molecule has 1 fully saturated rings. The zero-order valence-electron chi connectivity index (χ0n) is 16.9. The van der Waals surface area contributed by atoms with E-state index in [0.717, 1.165) is 12.4 Å². The molecule has 5 rings (SSSR count). The van der Waals surface area contributed by atoms with Gasteiger partial charge in [0.2, 0.25) is 5.95 Å². The van der Waals surface area contributed by atoms with Gasteiger partial charge in [-0.15, -0.1) is 0 Å². The Kier molecular flexibility index (Phi) is 5.34. The summed E-state index contributed by atoms with van der Waals surface area (Å²) in [6.45, 7) is 1.34. The number of halogens is 2. The normalized spacial score (nSPS) is 22.2. The van der Waals surface area contributed by atoms with Gasteiger partial charge in [0, 0.05) is 36.7 Å². The molecule has 2 aliphatic rings. The van der Waals surface area contributed by atoms with Crippen molar-refractivity contribution in [2.75, 3.05) is 24.5 Å². The van der Waals surface area contributed by atoms with Gasteiger partial charge in [0.25, 0.3) is 5.91 Å². The first kappa shape index (κ1) is 20.6. The van der Waals surface area contributed by atoms with Gasteiger partial charge < -0.3 is 10.2 Å². The Morgan fingerprint density at radius 2 is 1.78 bits per heavy atom. The van der Waals surface area contributed by atoms with Crippen LogP contribution >= 0.6 is 11.8 Å². The van der Waals surface area contributed by atoms with Crippen LogP contribution in [0, 0.1) is 17.6 Å². The lowest BCUT2D eigenvalue weighted by molar-refractivity contribution is 0.0977. The van der Waals surface area contributed by atoms with Gasteiger partial charge in [-0.3, -0.25) is 9.79 Å². The minimum atomic E-state index is -0.704. The van der Waals surface area contributed by atoms with Gasteiger partial charge in [-0.05, 0) is 18.2 Å². The molecule has 1 amide bonds. The molecular formula is C23H19F2N5OS. The van der Waals surface area contributed by atoms with E-state index in [-0.39, 0.29) is 17.6 Å². The van der Waals surface area contributed by atoms with Crippen LogP contribution in [-0.4, -0.2) is 40.7 Å². The van der Waals surface area contributed by atoms with E-state index >= 15 is 4.39 Å². The maximum Gasteiger partial charge on any atom is 0.257 e. The summed E-state index contributed by atoms with van der Waals surface area (Å²) in [5.74, 6) is -0.765. The number of carbonyl (C=O) groups excluding carboxylic acids is 1. The van der Waals surface area contributed by atoms with Crippen molar-refractivity contribution in [3.63, 3.8) is 0 Å². The largest absolute Gasteiger partial charge is 0.339 e. The monoisotopic (exact) mass is 451 g/mol. The lowest BCUT2D eigenvalue weighted by atomic mass is 9.87. The van der Waals surface area contributed by atoms with Crippen LogP contribution in [0.5, 0.6) is 0 Å². The van der Waals surface area contributed by atoms with Crippen LogP contribution in [0.3, 0.4) is 0 Å². The number of rotatable bonds is 3. The average Bonchev–Trinajstić information content (AvgIpc) is 3.20. The van der Waals surface area contributed by atoms with Crippen molar-refractivity contribution < 1.29 is 13.6 Å². The number of hydrogen-bond acceptors (Lipinski definition) is 6. The fourth-order valence-corrected chi connectivity index (χ4v) is 5.66. The van der Waals surface area contributed by atoms with Gasteiger partial charge in [0.1, 0.15) is 5.82 Å². The molecule has 32 heavy (non-hydrogen) atoms. The highest BCUT2D eigenvalue weighted by Gasteiger charge is 2.53. The third-order valence-electron chi connectivity index (χ3n) is 5.74. The van der Waals surface area contributed by atoms with Crippen molar-refractivity contribution in [1.82, 2.24) is 15.3 Å². The van der Waals surface area contributed by atoms with Crippen LogP contribution in [0.4, 0.5) is 14.7 Å². The molecule has 2 aliphatic heterocycles. The maximum absolute atomic E-state index is 15.0. The number of anilines is 1. The Bertz CT molecular complexity index is 1170. The molecule has 3 aromatic rings. The minimum absolute atomic E-state index is 0.0459. The van der Waals surface area contributed by atoms with Crippen LogP contribution in [0.15, 0.2) is 72.0 Å². The summed E-state index contributed by atoms with van der Waals surface area (Å²) in [6, 6.07) is 15.5. The van der Waals surface area contributed by atoms with Crippen molar-refractivity contribution in [2.45, 2.75) is 4.75 Å². The van der Waals surface area contributed by atoms with Gasteiger partial charge >= 0.3 is 0 Å².